The Morgan fingerprint density at radius 3 is 2.65 bits per heavy atom. The summed E-state index contributed by atoms with van der Waals surface area (Å²) in [6.45, 7) is -2.27. The third kappa shape index (κ3) is 4.28. The Bertz CT molecular complexity index is 395. The molecule has 0 radical (unpaired) electrons. The van der Waals surface area contributed by atoms with E-state index in [1.807, 2.05) is 25.1 Å². The van der Waals surface area contributed by atoms with E-state index in [1.165, 1.54) is 4.90 Å². The fourth-order valence-electron chi connectivity index (χ4n) is 2.24. The van der Waals surface area contributed by atoms with Crippen molar-refractivity contribution in [3.05, 3.63) is 29.3 Å². The number of fused-ring (bicyclic) bond motifs is 1. The molecule has 0 amide bonds. The maximum absolute atomic E-state index is 12.4. The second kappa shape index (κ2) is 6.10. The van der Waals surface area contributed by atoms with Crippen molar-refractivity contribution < 1.29 is 64.3 Å². The Morgan fingerprint density at radius 1 is 1.29 bits per heavy atom. The van der Waals surface area contributed by atoms with E-state index in [0.717, 1.165) is 29.7 Å². The molecule has 0 unspecified atom stereocenters. The first-order valence-corrected chi connectivity index (χ1v) is 5.51. The molecule has 0 spiro atoms. The molecule has 1 nitrogen and oxygen atoms in total. The molecule has 0 aliphatic carbocycles. The van der Waals surface area contributed by atoms with Gasteiger partial charge in [-0.05, 0) is 37.8 Å². The van der Waals surface area contributed by atoms with Gasteiger partial charge < -0.3 is 17.8 Å². The summed E-state index contributed by atoms with van der Waals surface area (Å²) in [6, 6.07) is 5.68. The summed E-state index contributed by atoms with van der Waals surface area (Å²) in [7, 11) is 0. The van der Waals surface area contributed by atoms with Gasteiger partial charge in [0, 0.05) is 12.2 Å². The first kappa shape index (κ1) is 15.6. The molecule has 0 bridgehead atoms. The number of anilines is 1. The Balaban J connectivity index is 0.00000144. The molecular formula is C11H14BF3KN. The topological polar surface area (TPSA) is 3.24 Å². The SMILES string of the molecule is Cc1ccc2c(c1)CCCN2C[B-](F)(F)F.[K+]. The van der Waals surface area contributed by atoms with Crippen LogP contribution < -0.4 is 56.3 Å². The normalized spacial score (nSPS) is 15.2. The van der Waals surface area contributed by atoms with Crippen molar-refractivity contribution in [1.29, 1.82) is 0 Å². The van der Waals surface area contributed by atoms with E-state index in [-0.39, 0.29) is 51.4 Å². The van der Waals surface area contributed by atoms with E-state index in [9.17, 15) is 12.9 Å². The molecule has 0 fully saturated rings. The number of hydrogen-bond acceptors (Lipinski definition) is 1. The minimum Gasteiger partial charge on any atom is -0.448 e. The minimum atomic E-state index is -4.74. The smallest absolute Gasteiger partial charge is 0.448 e. The van der Waals surface area contributed by atoms with Gasteiger partial charge in [0.2, 0.25) is 0 Å². The van der Waals surface area contributed by atoms with Gasteiger partial charge in [-0.3, -0.25) is 0 Å². The summed E-state index contributed by atoms with van der Waals surface area (Å²) < 4.78 is 37.3. The summed E-state index contributed by atoms with van der Waals surface area (Å²) in [6.07, 6.45) is 0.914. The predicted molar refractivity (Wildman–Crippen MR) is 60.8 cm³/mol. The molecule has 1 aliphatic heterocycles. The van der Waals surface area contributed by atoms with Crippen molar-refractivity contribution in [2.45, 2.75) is 19.8 Å². The standard InChI is InChI=1S/C11H14BF3N.K/c1-9-4-5-11-10(7-9)3-2-6-16(11)8-12(13,14)15;/h4-5,7H,2-3,6,8H2,1H3;/q-1;+1. The maximum Gasteiger partial charge on any atom is 1.00 e. The fraction of sp³-hybridized carbons (Fsp3) is 0.455. The number of benzene rings is 1. The summed E-state index contributed by atoms with van der Waals surface area (Å²) in [4.78, 5) is 1.46. The molecule has 0 aromatic heterocycles. The van der Waals surface area contributed by atoms with Crippen molar-refractivity contribution in [3.8, 4) is 0 Å². The molecule has 1 aromatic rings. The van der Waals surface area contributed by atoms with Gasteiger partial charge in [-0.1, -0.05) is 17.7 Å². The van der Waals surface area contributed by atoms with Gasteiger partial charge in [-0.25, -0.2) is 0 Å². The largest absolute Gasteiger partial charge is 1.00 e. The van der Waals surface area contributed by atoms with Crippen LogP contribution in [0, 0.1) is 6.92 Å². The van der Waals surface area contributed by atoms with E-state index in [2.05, 4.69) is 0 Å². The van der Waals surface area contributed by atoms with Gasteiger partial charge in [-0.15, -0.1) is 0 Å². The molecule has 17 heavy (non-hydrogen) atoms. The van der Waals surface area contributed by atoms with E-state index in [4.69, 9.17) is 0 Å². The zero-order valence-electron chi connectivity index (χ0n) is 10.2. The van der Waals surface area contributed by atoms with Crippen LogP contribution in [0.5, 0.6) is 0 Å². The van der Waals surface area contributed by atoms with Crippen LogP contribution in [0.1, 0.15) is 17.5 Å². The van der Waals surface area contributed by atoms with Crippen molar-refractivity contribution >= 4 is 12.7 Å². The summed E-state index contributed by atoms with van der Waals surface area (Å²) in [5, 5.41) is 0. The molecule has 1 heterocycles. The van der Waals surface area contributed by atoms with E-state index < -0.39 is 13.4 Å². The molecule has 0 N–H and O–H groups in total. The third-order valence-corrected chi connectivity index (χ3v) is 2.88. The molecule has 0 atom stereocenters. The predicted octanol–water partition coefficient (Wildman–Crippen LogP) is 0.138. The Hall–Kier alpha value is 0.511. The van der Waals surface area contributed by atoms with E-state index in [0.29, 0.717) is 6.54 Å². The second-order valence-corrected chi connectivity index (χ2v) is 4.39. The quantitative estimate of drug-likeness (QED) is 0.689. The van der Waals surface area contributed by atoms with Gasteiger partial charge in [0.25, 0.3) is 0 Å². The van der Waals surface area contributed by atoms with Crippen molar-refractivity contribution in [2.75, 3.05) is 17.9 Å². The number of aryl methyl sites for hydroxylation is 2. The fourth-order valence-corrected chi connectivity index (χ4v) is 2.24. The van der Waals surface area contributed by atoms with Crippen molar-refractivity contribution in [1.82, 2.24) is 0 Å². The molecular weight excluding hydrogens is 253 g/mol. The van der Waals surface area contributed by atoms with Crippen LogP contribution in [0.2, 0.25) is 0 Å². The zero-order chi connectivity index (χ0) is 11.8. The molecule has 6 heteroatoms. The van der Waals surface area contributed by atoms with Crippen LogP contribution in [0.15, 0.2) is 18.2 Å². The van der Waals surface area contributed by atoms with Crippen LogP contribution >= 0.6 is 0 Å². The molecule has 0 saturated heterocycles. The molecule has 88 valence electrons. The average molecular weight is 267 g/mol. The van der Waals surface area contributed by atoms with Gasteiger partial charge in [0.05, 0.1) is 0 Å². The number of rotatable bonds is 2. The minimum absolute atomic E-state index is 0. The first-order valence-electron chi connectivity index (χ1n) is 5.51. The number of hydrogen-bond donors (Lipinski definition) is 0. The van der Waals surface area contributed by atoms with Crippen molar-refractivity contribution in [2.24, 2.45) is 0 Å². The first-order chi connectivity index (χ1) is 7.46. The maximum atomic E-state index is 12.4. The number of halogens is 3. The molecule has 1 aromatic carbocycles. The summed E-state index contributed by atoms with van der Waals surface area (Å²) >= 11 is 0. The monoisotopic (exact) mass is 267 g/mol. The van der Waals surface area contributed by atoms with Crippen molar-refractivity contribution in [3.63, 3.8) is 0 Å². The van der Waals surface area contributed by atoms with Gasteiger partial charge >= 0.3 is 58.4 Å². The number of nitrogens with zero attached hydrogens (tertiary/aromatic N) is 1. The second-order valence-electron chi connectivity index (χ2n) is 4.39. The van der Waals surface area contributed by atoms with E-state index in [1.54, 1.807) is 0 Å². The van der Waals surface area contributed by atoms with Gasteiger partial charge in [0.15, 0.2) is 0 Å². The van der Waals surface area contributed by atoms with Crippen LogP contribution in [-0.4, -0.2) is 20.0 Å². The van der Waals surface area contributed by atoms with Crippen LogP contribution in [0.3, 0.4) is 0 Å². The third-order valence-electron chi connectivity index (χ3n) is 2.88. The van der Waals surface area contributed by atoms with Crippen LogP contribution in [0.25, 0.3) is 0 Å². The van der Waals surface area contributed by atoms with Crippen LogP contribution in [0.4, 0.5) is 18.6 Å². The Kier molecular flexibility index (Phi) is 5.59. The van der Waals surface area contributed by atoms with Gasteiger partial charge in [0.1, 0.15) is 0 Å². The Morgan fingerprint density at radius 2 is 2.00 bits per heavy atom. The van der Waals surface area contributed by atoms with Crippen LogP contribution in [-0.2, 0) is 6.42 Å². The van der Waals surface area contributed by atoms with E-state index >= 15 is 0 Å². The summed E-state index contributed by atoms with van der Waals surface area (Å²) in [5.74, 6) is 0. The van der Waals surface area contributed by atoms with Gasteiger partial charge in [-0.2, -0.15) is 0 Å². The zero-order valence-corrected chi connectivity index (χ0v) is 13.3. The summed E-state index contributed by atoms with van der Waals surface area (Å²) in [5.41, 5.74) is 2.92. The molecule has 0 saturated carbocycles. The molecule has 2 rings (SSSR count). The molecule has 1 aliphatic rings. The average Bonchev–Trinajstić information content (AvgIpc) is 2.15. The Labute approximate surface area is 142 Å².